The molecular weight excluding hydrogens is 759 g/mol. The van der Waals surface area contributed by atoms with E-state index < -0.39 is 11.5 Å². The summed E-state index contributed by atoms with van der Waals surface area (Å²) in [6, 6.07) is 72.2. The van der Waals surface area contributed by atoms with Crippen molar-refractivity contribution in [3.63, 3.8) is 0 Å². The second kappa shape index (κ2) is 14.4. The lowest BCUT2D eigenvalue weighted by Gasteiger charge is -2.35. The first-order chi connectivity index (χ1) is 33.1. The van der Waals surface area contributed by atoms with Gasteiger partial charge in [0.05, 0.1) is 18.0 Å². The molecule has 0 bridgehead atoms. The Morgan fingerprint density at radius 1 is 0.397 bits per heavy atom. The Kier molecular flexibility index (Phi) is 7.34. The molecule has 0 atom stereocenters. The van der Waals surface area contributed by atoms with Crippen LogP contribution in [-0.2, 0) is 10.8 Å². The van der Waals surface area contributed by atoms with E-state index in [1.54, 1.807) is 0 Å². The van der Waals surface area contributed by atoms with Crippen LogP contribution in [0.2, 0.25) is 0 Å². The second-order valence-corrected chi connectivity index (χ2v) is 17.3. The maximum atomic E-state index is 8.85. The van der Waals surface area contributed by atoms with Gasteiger partial charge in [0.1, 0.15) is 0 Å². The van der Waals surface area contributed by atoms with E-state index in [2.05, 4.69) is 195 Å². The summed E-state index contributed by atoms with van der Waals surface area (Å²) in [4.78, 5) is 2.38. The van der Waals surface area contributed by atoms with Crippen LogP contribution in [0.1, 0.15) is 54.1 Å². The van der Waals surface area contributed by atoms with Crippen LogP contribution in [-0.4, -0.2) is 0 Å². The summed E-state index contributed by atoms with van der Waals surface area (Å²) in [7, 11) is 0. The molecule has 1 nitrogen and oxygen atoms in total. The van der Waals surface area contributed by atoms with Crippen molar-refractivity contribution in [3.05, 3.63) is 270 Å². The third-order valence-electron chi connectivity index (χ3n) is 13.6. The molecule has 0 radical (unpaired) electrons. The van der Waals surface area contributed by atoms with Gasteiger partial charge in [-0.25, -0.2) is 0 Å². The molecule has 12 rings (SSSR count). The first-order valence-electron chi connectivity index (χ1n) is 24.2. The van der Waals surface area contributed by atoms with Crippen molar-refractivity contribution in [1.29, 1.82) is 0 Å². The van der Waals surface area contributed by atoms with Crippen LogP contribution in [0.3, 0.4) is 0 Å². The van der Waals surface area contributed by atoms with Crippen LogP contribution >= 0.6 is 0 Å². The third-order valence-corrected chi connectivity index (χ3v) is 13.6. The van der Waals surface area contributed by atoms with Gasteiger partial charge in [-0.2, -0.15) is 0 Å². The van der Waals surface area contributed by atoms with Gasteiger partial charge in [-0.05, 0) is 119 Å². The molecule has 0 N–H and O–H groups in total. The fraction of sp³-hybridized carbons (Fsp3) is 0.0645. The van der Waals surface area contributed by atoms with Gasteiger partial charge in [0.2, 0.25) is 0 Å². The molecule has 10 aromatic carbocycles. The second-order valence-electron chi connectivity index (χ2n) is 17.3. The van der Waals surface area contributed by atoms with Crippen molar-refractivity contribution in [3.8, 4) is 44.5 Å². The summed E-state index contributed by atoms with van der Waals surface area (Å²) >= 11 is 0. The van der Waals surface area contributed by atoms with E-state index in [1.807, 2.05) is 30.3 Å². The van der Waals surface area contributed by atoms with E-state index in [4.69, 9.17) is 6.85 Å². The van der Waals surface area contributed by atoms with Crippen molar-refractivity contribution >= 4 is 27.8 Å². The molecule has 0 aromatic heterocycles. The SMILES string of the molecule is [2H]c1c([2H])c([2H])c(-c2cccc(-c3ccccc3N(c3ccc4c(c3)C(C)(C)c3c-4ccc4ccccc34)c3ccc4c(c3)C(c3ccccc3)(c3ccccc3)c3ccccc3-4)c2)c([2H])c1[2H]. The Bertz CT molecular complexity index is 3600. The number of anilines is 3. The summed E-state index contributed by atoms with van der Waals surface area (Å²) in [6.07, 6.45) is 0. The normalized spacial score (nSPS) is 14.9. The zero-order valence-corrected chi connectivity index (χ0v) is 35.1. The molecule has 298 valence electrons. The van der Waals surface area contributed by atoms with Crippen molar-refractivity contribution in [2.75, 3.05) is 4.90 Å². The molecule has 1 heteroatoms. The van der Waals surface area contributed by atoms with Gasteiger partial charge < -0.3 is 4.90 Å². The molecule has 0 aliphatic heterocycles. The zero-order chi connectivity index (χ0) is 46.5. The molecule has 2 aliphatic carbocycles. The van der Waals surface area contributed by atoms with Gasteiger partial charge in [0.15, 0.2) is 0 Å². The number of hydrogen-bond donors (Lipinski definition) is 0. The average Bonchev–Trinajstić information content (AvgIpc) is 3.81. The topological polar surface area (TPSA) is 3.24 Å². The predicted molar refractivity (Wildman–Crippen MR) is 264 cm³/mol. The number of fused-ring (bicyclic) bond motifs is 8. The van der Waals surface area contributed by atoms with E-state index >= 15 is 0 Å². The molecule has 0 saturated carbocycles. The highest BCUT2D eigenvalue weighted by atomic mass is 15.1. The Morgan fingerprint density at radius 3 is 1.71 bits per heavy atom. The Morgan fingerprint density at radius 2 is 0.968 bits per heavy atom. The van der Waals surface area contributed by atoms with Crippen LogP contribution in [0.4, 0.5) is 17.1 Å². The molecule has 0 saturated heterocycles. The number of para-hydroxylation sites is 1. The summed E-state index contributed by atoms with van der Waals surface area (Å²) in [5, 5.41) is 2.50. The van der Waals surface area contributed by atoms with Gasteiger partial charge in [-0.3, -0.25) is 0 Å². The molecule has 63 heavy (non-hydrogen) atoms. The minimum absolute atomic E-state index is 0.177. The Labute approximate surface area is 377 Å². The van der Waals surface area contributed by atoms with E-state index in [0.29, 0.717) is 5.56 Å². The minimum Gasteiger partial charge on any atom is -0.310 e. The van der Waals surface area contributed by atoms with Gasteiger partial charge in [0.25, 0.3) is 0 Å². The van der Waals surface area contributed by atoms with Crippen molar-refractivity contribution in [1.82, 2.24) is 0 Å². The first-order valence-corrected chi connectivity index (χ1v) is 21.7. The van der Waals surface area contributed by atoms with Gasteiger partial charge >= 0.3 is 0 Å². The van der Waals surface area contributed by atoms with Crippen LogP contribution in [0.25, 0.3) is 55.3 Å². The highest BCUT2D eigenvalue weighted by Gasteiger charge is 2.46. The van der Waals surface area contributed by atoms with Crippen molar-refractivity contribution < 1.29 is 6.85 Å². The molecule has 0 unspecified atom stereocenters. The molecular formula is C62H45N. The summed E-state index contributed by atoms with van der Waals surface area (Å²) in [6.45, 7) is 4.69. The van der Waals surface area contributed by atoms with E-state index in [9.17, 15) is 0 Å². The third kappa shape index (κ3) is 5.63. The van der Waals surface area contributed by atoms with Crippen LogP contribution in [0, 0.1) is 0 Å². The lowest BCUT2D eigenvalue weighted by molar-refractivity contribution is 0.666. The predicted octanol–water partition coefficient (Wildman–Crippen LogP) is 16.3. The lowest BCUT2D eigenvalue weighted by atomic mass is 9.67. The van der Waals surface area contributed by atoms with E-state index in [-0.39, 0.29) is 35.1 Å². The highest BCUT2D eigenvalue weighted by molar-refractivity contribution is 5.99. The summed E-state index contributed by atoms with van der Waals surface area (Å²) in [5.41, 5.74) is 16.8. The van der Waals surface area contributed by atoms with Gasteiger partial charge in [0, 0.05) is 22.4 Å². The molecule has 0 spiro atoms. The number of benzene rings is 10. The molecule has 10 aromatic rings. The van der Waals surface area contributed by atoms with Crippen LogP contribution in [0.15, 0.2) is 236 Å². The lowest BCUT2D eigenvalue weighted by Crippen LogP contribution is -2.28. The number of nitrogens with zero attached hydrogens (tertiary/aromatic N) is 1. The minimum atomic E-state index is -0.615. The van der Waals surface area contributed by atoms with Crippen LogP contribution < -0.4 is 4.90 Å². The van der Waals surface area contributed by atoms with Crippen molar-refractivity contribution in [2.24, 2.45) is 0 Å². The largest absolute Gasteiger partial charge is 0.310 e. The van der Waals surface area contributed by atoms with Crippen LogP contribution in [0.5, 0.6) is 0 Å². The summed E-state index contributed by atoms with van der Waals surface area (Å²) in [5.74, 6) is 0. The van der Waals surface area contributed by atoms with E-state index in [1.165, 1.54) is 66.4 Å². The smallest absolute Gasteiger partial charge is 0.0714 e. The molecule has 0 heterocycles. The quantitative estimate of drug-likeness (QED) is 0.155. The highest BCUT2D eigenvalue weighted by Crippen LogP contribution is 2.58. The van der Waals surface area contributed by atoms with Gasteiger partial charge in [-0.15, -0.1) is 0 Å². The maximum absolute atomic E-state index is 8.85. The van der Waals surface area contributed by atoms with E-state index in [0.717, 1.165) is 28.2 Å². The molecule has 0 fully saturated rings. The molecule has 2 aliphatic rings. The Hall–Kier alpha value is -7.74. The fourth-order valence-corrected chi connectivity index (χ4v) is 10.9. The Balaban J connectivity index is 1.12. The number of hydrogen-bond acceptors (Lipinski definition) is 1. The number of rotatable bonds is 7. The monoisotopic (exact) mass is 808 g/mol. The summed E-state index contributed by atoms with van der Waals surface area (Å²) < 4.78 is 42.9. The van der Waals surface area contributed by atoms with Gasteiger partial charge in [-0.1, -0.05) is 214 Å². The zero-order valence-electron chi connectivity index (χ0n) is 40.1. The first kappa shape index (κ1) is 32.0. The average molecular weight is 809 g/mol. The standard InChI is InChI=1S/C62H45N/c1-61(2)57-40-48(35-38-54(57)55-36-33-43-21-12-13-29-51(43)60(55)61)63(59-32-17-15-28-50(59)45-23-18-22-44(39-45)42-19-6-3-7-20-42)49-34-37-53-52-30-14-16-31-56(52)62(58(53)41-49,46-24-8-4-9-25-46)47-26-10-5-11-27-47/h3-41H,1-2H3/i3D,6D,7D,19D,20D. The fourth-order valence-electron chi connectivity index (χ4n) is 10.9. The van der Waals surface area contributed by atoms with Crippen molar-refractivity contribution in [2.45, 2.75) is 24.7 Å². The molecule has 0 amide bonds. The maximum Gasteiger partial charge on any atom is 0.0714 e.